The lowest BCUT2D eigenvalue weighted by Crippen LogP contribution is -2.19. The van der Waals surface area contributed by atoms with Crippen molar-refractivity contribution in [3.8, 4) is 5.69 Å². The SMILES string of the molecule is CNC(=O)c1cc(-n2ccc3cc(NS(=O)(=O)c4ccccc4)ccc32)ccn1. The minimum absolute atomic E-state index is 0.205. The molecule has 0 aliphatic rings. The molecular weight excluding hydrogens is 388 g/mol. The Balaban J connectivity index is 1.67. The van der Waals surface area contributed by atoms with Crippen LogP contribution < -0.4 is 10.0 Å². The number of sulfonamides is 1. The fourth-order valence-electron chi connectivity index (χ4n) is 3.07. The van der Waals surface area contributed by atoms with Gasteiger partial charge in [-0.05, 0) is 48.5 Å². The van der Waals surface area contributed by atoms with Crippen molar-refractivity contribution in [3.63, 3.8) is 0 Å². The predicted molar refractivity (Wildman–Crippen MR) is 112 cm³/mol. The van der Waals surface area contributed by atoms with Crippen molar-refractivity contribution in [1.82, 2.24) is 14.9 Å². The summed E-state index contributed by atoms with van der Waals surface area (Å²) in [5, 5.41) is 3.42. The van der Waals surface area contributed by atoms with Crippen molar-refractivity contribution in [2.75, 3.05) is 11.8 Å². The minimum atomic E-state index is -3.65. The average molecular weight is 406 g/mol. The zero-order valence-corrected chi connectivity index (χ0v) is 16.3. The Labute approximate surface area is 168 Å². The summed E-state index contributed by atoms with van der Waals surface area (Å²) in [5.74, 6) is -0.263. The molecule has 1 amide bonds. The molecule has 4 rings (SSSR count). The van der Waals surface area contributed by atoms with Gasteiger partial charge in [0.25, 0.3) is 15.9 Å². The van der Waals surface area contributed by atoms with Gasteiger partial charge in [-0.25, -0.2) is 8.42 Å². The molecule has 0 fully saturated rings. The lowest BCUT2D eigenvalue weighted by atomic mass is 10.2. The van der Waals surface area contributed by atoms with Gasteiger partial charge in [-0.3, -0.25) is 14.5 Å². The molecule has 2 aromatic heterocycles. The topological polar surface area (TPSA) is 93.1 Å². The van der Waals surface area contributed by atoms with E-state index in [2.05, 4.69) is 15.0 Å². The molecule has 0 spiro atoms. The van der Waals surface area contributed by atoms with Crippen molar-refractivity contribution in [1.29, 1.82) is 0 Å². The maximum Gasteiger partial charge on any atom is 0.269 e. The summed E-state index contributed by atoms with van der Waals surface area (Å²) < 4.78 is 29.6. The van der Waals surface area contributed by atoms with E-state index in [0.29, 0.717) is 11.4 Å². The van der Waals surface area contributed by atoms with Crippen LogP contribution >= 0.6 is 0 Å². The Morgan fingerprint density at radius 2 is 1.79 bits per heavy atom. The number of nitrogens with one attached hydrogen (secondary N) is 2. The van der Waals surface area contributed by atoms with Gasteiger partial charge in [0.05, 0.1) is 10.4 Å². The third-order valence-corrected chi connectivity index (χ3v) is 5.87. The first-order chi connectivity index (χ1) is 14.0. The summed E-state index contributed by atoms with van der Waals surface area (Å²) in [6.07, 6.45) is 3.44. The zero-order valence-electron chi connectivity index (χ0n) is 15.5. The van der Waals surface area contributed by atoms with E-state index in [-0.39, 0.29) is 10.8 Å². The minimum Gasteiger partial charge on any atom is -0.354 e. The largest absolute Gasteiger partial charge is 0.354 e. The molecule has 7 nitrogen and oxygen atoms in total. The van der Waals surface area contributed by atoms with Gasteiger partial charge in [-0.1, -0.05) is 18.2 Å². The Bertz CT molecular complexity index is 1300. The van der Waals surface area contributed by atoms with Crippen molar-refractivity contribution in [2.45, 2.75) is 4.90 Å². The summed E-state index contributed by atoms with van der Waals surface area (Å²) in [7, 11) is -2.10. The van der Waals surface area contributed by atoms with Crippen molar-refractivity contribution in [3.05, 3.63) is 84.8 Å². The molecule has 0 unspecified atom stereocenters. The van der Waals surface area contributed by atoms with Crippen LogP contribution in [0.3, 0.4) is 0 Å². The first-order valence-corrected chi connectivity index (χ1v) is 10.3. The molecule has 29 heavy (non-hydrogen) atoms. The van der Waals surface area contributed by atoms with Gasteiger partial charge >= 0.3 is 0 Å². The van der Waals surface area contributed by atoms with Gasteiger partial charge in [0.1, 0.15) is 5.69 Å². The third kappa shape index (κ3) is 3.70. The lowest BCUT2D eigenvalue weighted by Gasteiger charge is -2.10. The van der Waals surface area contributed by atoms with E-state index >= 15 is 0 Å². The van der Waals surface area contributed by atoms with Crippen LogP contribution in [0.1, 0.15) is 10.5 Å². The summed E-state index contributed by atoms with van der Waals surface area (Å²) >= 11 is 0. The van der Waals surface area contributed by atoms with Gasteiger partial charge in [0.15, 0.2) is 0 Å². The fourth-order valence-corrected chi connectivity index (χ4v) is 4.14. The second kappa shape index (κ2) is 7.40. The van der Waals surface area contributed by atoms with E-state index in [1.54, 1.807) is 67.8 Å². The number of carbonyl (C=O) groups is 1. The van der Waals surface area contributed by atoms with Crippen LogP contribution in [-0.4, -0.2) is 30.9 Å². The second-order valence-electron chi connectivity index (χ2n) is 6.36. The standard InChI is InChI=1S/C21H18N4O3S/c1-22-21(26)19-14-17(9-11-23-19)25-12-10-15-13-16(7-8-20(15)25)24-29(27,28)18-5-3-2-4-6-18/h2-14,24H,1H3,(H,22,26). The molecule has 0 radical (unpaired) electrons. The number of rotatable bonds is 5. The lowest BCUT2D eigenvalue weighted by molar-refractivity contribution is 0.0958. The summed E-state index contributed by atoms with van der Waals surface area (Å²) in [6.45, 7) is 0. The average Bonchev–Trinajstić information content (AvgIpc) is 3.17. The molecule has 8 heteroatoms. The zero-order chi connectivity index (χ0) is 20.4. The Hall–Kier alpha value is -3.65. The van der Waals surface area contributed by atoms with E-state index in [1.165, 1.54) is 0 Å². The monoisotopic (exact) mass is 406 g/mol. The quantitative estimate of drug-likeness (QED) is 0.532. The van der Waals surface area contributed by atoms with E-state index < -0.39 is 10.0 Å². The normalized spacial score (nSPS) is 11.3. The highest BCUT2D eigenvalue weighted by Gasteiger charge is 2.14. The number of hydrogen-bond donors (Lipinski definition) is 2. The predicted octanol–water partition coefficient (Wildman–Crippen LogP) is 3.19. The highest BCUT2D eigenvalue weighted by atomic mass is 32.2. The number of hydrogen-bond acceptors (Lipinski definition) is 4. The van der Waals surface area contributed by atoms with Gasteiger partial charge < -0.3 is 9.88 Å². The molecule has 146 valence electrons. The molecule has 0 bridgehead atoms. The van der Waals surface area contributed by atoms with Crippen LogP contribution in [0.2, 0.25) is 0 Å². The van der Waals surface area contributed by atoms with Gasteiger partial charge in [0.2, 0.25) is 0 Å². The van der Waals surface area contributed by atoms with Crippen LogP contribution in [0.15, 0.2) is 84.0 Å². The number of fused-ring (bicyclic) bond motifs is 1. The molecule has 4 aromatic rings. The third-order valence-electron chi connectivity index (χ3n) is 4.48. The smallest absolute Gasteiger partial charge is 0.269 e. The second-order valence-corrected chi connectivity index (χ2v) is 8.04. The molecule has 0 saturated heterocycles. The fraction of sp³-hybridized carbons (Fsp3) is 0.0476. The number of amides is 1. The van der Waals surface area contributed by atoms with Gasteiger partial charge in [-0.2, -0.15) is 0 Å². The first-order valence-electron chi connectivity index (χ1n) is 8.85. The van der Waals surface area contributed by atoms with Crippen molar-refractivity contribution < 1.29 is 13.2 Å². The number of aromatic nitrogens is 2. The highest BCUT2D eigenvalue weighted by molar-refractivity contribution is 7.92. The van der Waals surface area contributed by atoms with Crippen LogP contribution in [-0.2, 0) is 10.0 Å². The number of benzene rings is 2. The van der Waals surface area contributed by atoms with Crippen molar-refractivity contribution in [2.24, 2.45) is 0 Å². The molecule has 0 aliphatic carbocycles. The summed E-state index contributed by atoms with van der Waals surface area (Å²) in [5.41, 5.74) is 2.45. The van der Waals surface area contributed by atoms with Gasteiger partial charge in [0, 0.05) is 36.2 Å². The molecule has 2 heterocycles. The number of pyridine rings is 1. The number of carbonyl (C=O) groups excluding carboxylic acids is 1. The van der Waals surface area contributed by atoms with E-state index in [0.717, 1.165) is 16.6 Å². The van der Waals surface area contributed by atoms with Crippen molar-refractivity contribution >= 4 is 32.5 Å². The maximum absolute atomic E-state index is 12.5. The Kier molecular flexibility index (Phi) is 4.77. The first kappa shape index (κ1) is 18.7. The molecule has 2 N–H and O–H groups in total. The number of anilines is 1. The Morgan fingerprint density at radius 3 is 2.55 bits per heavy atom. The molecular formula is C21H18N4O3S. The molecule has 0 atom stereocenters. The van der Waals surface area contributed by atoms with Crippen LogP contribution in [0.4, 0.5) is 5.69 Å². The maximum atomic E-state index is 12.5. The highest BCUT2D eigenvalue weighted by Crippen LogP contribution is 2.25. The van der Waals surface area contributed by atoms with Crippen LogP contribution in [0, 0.1) is 0 Å². The van der Waals surface area contributed by atoms with Crippen LogP contribution in [0.5, 0.6) is 0 Å². The summed E-state index contributed by atoms with van der Waals surface area (Å²) in [6, 6.07) is 18.9. The van der Waals surface area contributed by atoms with Gasteiger partial charge in [-0.15, -0.1) is 0 Å². The number of nitrogens with zero attached hydrogens (tertiary/aromatic N) is 2. The van der Waals surface area contributed by atoms with E-state index in [9.17, 15) is 13.2 Å². The molecule has 2 aromatic carbocycles. The molecule has 0 saturated carbocycles. The van der Waals surface area contributed by atoms with E-state index in [1.807, 2.05) is 22.9 Å². The summed E-state index contributed by atoms with van der Waals surface area (Å²) in [4.78, 5) is 16.1. The van der Waals surface area contributed by atoms with Crippen LogP contribution in [0.25, 0.3) is 16.6 Å². The van der Waals surface area contributed by atoms with E-state index in [4.69, 9.17) is 0 Å². The molecule has 0 aliphatic heterocycles. The Morgan fingerprint density at radius 1 is 1.00 bits per heavy atom.